The molecule has 3 nitrogen and oxygen atoms in total. The normalized spacial score (nSPS) is 9.88. The van der Waals surface area contributed by atoms with Gasteiger partial charge in [-0.3, -0.25) is 9.59 Å². The molecule has 1 aromatic rings. The number of benzene rings is 1. The van der Waals surface area contributed by atoms with Crippen LogP contribution in [0, 0.1) is 0 Å². The van der Waals surface area contributed by atoms with Crippen molar-refractivity contribution < 1.29 is 14.3 Å². The van der Waals surface area contributed by atoms with Gasteiger partial charge in [0, 0.05) is 12.8 Å². The second-order valence-electron chi connectivity index (χ2n) is 3.77. The Morgan fingerprint density at radius 3 is 2.19 bits per heavy atom. The molecule has 0 heterocycles. The van der Waals surface area contributed by atoms with Crippen molar-refractivity contribution in [2.75, 3.05) is 7.11 Å². The van der Waals surface area contributed by atoms with E-state index in [2.05, 4.69) is 4.74 Å². The predicted octanol–water partition coefficient (Wildman–Crippen LogP) is 1.92. The second kappa shape index (κ2) is 6.05. The minimum atomic E-state index is -0.201. The fourth-order valence-corrected chi connectivity index (χ4v) is 1.46. The van der Waals surface area contributed by atoms with Crippen LogP contribution < -0.4 is 0 Å². The molecule has 86 valence electrons. The summed E-state index contributed by atoms with van der Waals surface area (Å²) in [6, 6.07) is 7.74. The maximum absolute atomic E-state index is 10.9. The van der Waals surface area contributed by atoms with Crippen LogP contribution in [-0.4, -0.2) is 18.9 Å². The third kappa shape index (κ3) is 4.26. The summed E-state index contributed by atoms with van der Waals surface area (Å²) >= 11 is 0. The summed E-state index contributed by atoms with van der Waals surface area (Å²) in [5.41, 5.74) is 2.09. The molecule has 0 aliphatic rings. The Morgan fingerprint density at radius 2 is 1.69 bits per heavy atom. The van der Waals surface area contributed by atoms with Crippen LogP contribution >= 0.6 is 0 Å². The summed E-state index contributed by atoms with van der Waals surface area (Å²) in [4.78, 5) is 21.8. The number of rotatable bonds is 5. The van der Waals surface area contributed by atoms with E-state index >= 15 is 0 Å². The largest absolute Gasteiger partial charge is 0.469 e. The van der Waals surface area contributed by atoms with Gasteiger partial charge in [0.25, 0.3) is 0 Å². The Labute approximate surface area is 95.4 Å². The van der Waals surface area contributed by atoms with Gasteiger partial charge in [-0.2, -0.15) is 0 Å². The van der Waals surface area contributed by atoms with E-state index in [1.807, 2.05) is 24.3 Å². The second-order valence-corrected chi connectivity index (χ2v) is 3.77. The fourth-order valence-electron chi connectivity index (χ4n) is 1.46. The molecule has 0 fully saturated rings. The third-order valence-corrected chi connectivity index (χ3v) is 2.32. The number of ketones is 1. The summed E-state index contributed by atoms with van der Waals surface area (Å²) in [7, 11) is 1.39. The number of methoxy groups -OCH3 is 1. The molecule has 0 aliphatic carbocycles. The first-order chi connectivity index (χ1) is 7.61. The molecule has 1 aromatic carbocycles. The summed E-state index contributed by atoms with van der Waals surface area (Å²) in [5.74, 6) is -0.0462. The molecule has 0 atom stereocenters. The van der Waals surface area contributed by atoms with Gasteiger partial charge in [-0.05, 0) is 24.5 Å². The van der Waals surface area contributed by atoms with Gasteiger partial charge in [-0.25, -0.2) is 0 Å². The Kier molecular flexibility index (Phi) is 4.70. The number of carbonyl (C=O) groups excluding carboxylic acids is 2. The number of ether oxygens (including phenoxy) is 1. The molecule has 3 heteroatoms. The van der Waals surface area contributed by atoms with E-state index in [0.717, 1.165) is 11.1 Å². The highest BCUT2D eigenvalue weighted by atomic mass is 16.5. The number of Topliss-reactive ketones (excluding diaryl/α,β-unsaturated/α-hetero) is 1. The van der Waals surface area contributed by atoms with Crippen molar-refractivity contribution in [3.63, 3.8) is 0 Å². The Morgan fingerprint density at radius 1 is 1.12 bits per heavy atom. The van der Waals surface area contributed by atoms with Gasteiger partial charge in [-0.15, -0.1) is 0 Å². The molecule has 0 amide bonds. The molecule has 0 saturated heterocycles. The molecular formula is C13H16O3. The van der Waals surface area contributed by atoms with Gasteiger partial charge >= 0.3 is 5.97 Å². The Hall–Kier alpha value is -1.64. The van der Waals surface area contributed by atoms with Gasteiger partial charge in [0.15, 0.2) is 0 Å². The van der Waals surface area contributed by atoms with Crippen molar-refractivity contribution in [1.29, 1.82) is 0 Å². The molecule has 0 spiro atoms. The lowest BCUT2D eigenvalue weighted by Gasteiger charge is -2.02. The third-order valence-electron chi connectivity index (χ3n) is 2.32. The first-order valence-electron chi connectivity index (χ1n) is 5.26. The van der Waals surface area contributed by atoms with Crippen LogP contribution in [0.4, 0.5) is 0 Å². The lowest BCUT2D eigenvalue weighted by atomic mass is 10.0. The molecule has 0 saturated carbocycles. The van der Waals surface area contributed by atoms with Gasteiger partial charge < -0.3 is 4.74 Å². The predicted molar refractivity (Wildman–Crippen MR) is 61.2 cm³/mol. The van der Waals surface area contributed by atoms with E-state index in [1.54, 1.807) is 6.92 Å². The first-order valence-corrected chi connectivity index (χ1v) is 5.26. The summed E-state index contributed by atoms with van der Waals surface area (Å²) in [6.07, 6.45) is 1.53. The van der Waals surface area contributed by atoms with E-state index in [9.17, 15) is 9.59 Å². The van der Waals surface area contributed by atoms with Gasteiger partial charge in [0.2, 0.25) is 0 Å². The van der Waals surface area contributed by atoms with Crippen molar-refractivity contribution in [1.82, 2.24) is 0 Å². The molecule has 1 rings (SSSR count). The fraction of sp³-hybridized carbons (Fsp3) is 0.385. The molecule has 0 aliphatic heterocycles. The maximum Gasteiger partial charge on any atom is 0.305 e. The van der Waals surface area contributed by atoms with Gasteiger partial charge in [-0.1, -0.05) is 24.3 Å². The van der Waals surface area contributed by atoms with Crippen molar-refractivity contribution in [2.45, 2.75) is 26.2 Å². The standard InChI is InChI=1S/C13H16O3/c1-10(14)9-12-5-3-11(4-6-12)7-8-13(15)16-2/h3-6H,7-9H2,1-2H3. The highest BCUT2D eigenvalue weighted by Gasteiger charge is 2.02. The first kappa shape index (κ1) is 12.4. The SMILES string of the molecule is COC(=O)CCc1ccc(CC(C)=O)cc1. The quantitative estimate of drug-likeness (QED) is 0.712. The van der Waals surface area contributed by atoms with Crippen molar-refractivity contribution in [3.05, 3.63) is 35.4 Å². The molecule has 0 unspecified atom stereocenters. The van der Waals surface area contributed by atoms with Crippen LogP contribution in [0.3, 0.4) is 0 Å². The number of hydrogen-bond acceptors (Lipinski definition) is 3. The van der Waals surface area contributed by atoms with Crippen molar-refractivity contribution >= 4 is 11.8 Å². The zero-order valence-corrected chi connectivity index (χ0v) is 9.66. The molecular weight excluding hydrogens is 204 g/mol. The Bertz CT molecular complexity index is 365. The smallest absolute Gasteiger partial charge is 0.305 e. The van der Waals surface area contributed by atoms with Crippen LogP contribution in [0.1, 0.15) is 24.5 Å². The topological polar surface area (TPSA) is 43.4 Å². The Balaban J connectivity index is 2.51. The van der Waals surface area contributed by atoms with Crippen LogP contribution in [0.2, 0.25) is 0 Å². The van der Waals surface area contributed by atoms with Crippen LogP contribution in [-0.2, 0) is 27.2 Å². The highest BCUT2D eigenvalue weighted by molar-refractivity contribution is 5.78. The van der Waals surface area contributed by atoms with E-state index < -0.39 is 0 Å². The lowest BCUT2D eigenvalue weighted by Crippen LogP contribution is -2.02. The lowest BCUT2D eigenvalue weighted by molar-refractivity contribution is -0.140. The zero-order chi connectivity index (χ0) is 12.0. The van der Waals surface area contributed by atoms with Crippen molar-refractivity contribution in [3.8, 4) is 0 Å². The summed E-state index contributed by atoms with van der Waals surface area (Å²) in [6.45, 7) is 1.57. The molecule has 0 bridgehead atoms. The summed E-state index contributed by atoms with van der Waals surface area (Å²) in [5, 5.41) is 0. The monoisotopic (exact) mass is 220 g/mol. The zero-order valence-electron chi connectivity index (χ0n) is 9.66. The van der Waals surface area contributed by atoms with E-state index in [0.29, 0.717) is 19.3 Å². The van der Waals surface area contributed by atoms with E-state index in [1.165, 1.54) is 7.11 Å². The van der Waals surface area contributed by atoms with Gasteiger partial charge in [0.1, 0.15) is 5.78 Å². The van der Waals surface area contributed by atoms with Crippen LogP contribution in [0.15, 0.2) is 24.3 Å². The molecule has 16 heavy (non-hydrogen) atoms. The van der Waals surface area contributed by atoms with Crippen LogP contribution in [0.5, 0.6) is 0 Å². The number of esters is 1. The number of carbonyl (C=O) groups is 2. The molecule has 0 N–H and O–H groups in total. The van der Waals surface area contributed by atoms with E-state index in [-0.39, 0.29) is 11.8 Å². The minimum Gasteiger partial charge on any atom is -0.469 e. The van der Waals surface area contributed by atoms with E-state index in [4.69, 9.17) is 0 Å². The van der Waals surface area contributed by atoms with Crippen molar-refractivity contribution in [2.24, 2.45) is 0 Å². The molecule has 0 aromatic heterocycles. The minimum absolute atomic E-state index is 0.155. The molecule has 0 radical (unpaired) electrons. The number of aryl methyl sites for hydroxylation is 1. The highest BCUT2D eigenvalue weighted by Crippen LogP contribution is 2.08. The van der Waals surface area contributed by atoms with Gasteiger partial charge in [0.05, 0.1) is 7.11 Å². The summed E-state index contributed by atoms with van der Waals surface area (Å²) < 4.78 is 4.56. The maximum atomic E-state index is 10.9. The average Bonchev–Trinajstić information content (AvgIpc) is 2.27. The number of hydrogen-bond donors (Lipinski definition) is 0. The average molecular weight is 220 g/mol. The van der Waals surface area contributed by atoms with Crippen LogP contribution in [0.25, 0.3) is 0 Å².